The van der Waals surface area contributed by atoms with E-state index in [0.29, 0.717) is 34.7 Å². The van der Waals surface area contributed by atoms with E-state index < -0.39 is 29.6 Å². The van der Waals surface area contributed by atoms with Crippen molar-refractivity contribution in [3.05, 3.63) is 64.2 Å². The fourth-order valence-electron chi connectivity index (χ4n) is 4.08. The van der Waals surface area contributed by atoms with Gasteiger partial charge in [-0.05, 0) is 36.6 Å². The molecule has 1 heterocycles. The summed E-state index contributed by atoms with van der Waals surface area (Å²) in [6.07, 6.45) is 0.562. The number of hydrogen-bond donors (Lipinski definition) is 1. The Bertz CT molecular complexity index is 986. The second kappa shape index (κ2) is 6.29. The second-order valence-corrected chi connectivity index (χ2v) is 7.58. The second-order valence-electron chi connectivity index (χ2n) is 7.14. The number of aryl methyl sites for hydroxylation is 1. The number of carbonyl (C=O) groups excluding carboxylic acids is 3. The molecular formula is C21H18ClNO4. The van der Waals surface area contributed by atoms with Crippen LogP contribution in [0.25, 0.3) is 0 Å². The Hall–Kier alpha value is -2.50. The number of fused-ring (bicyclic) bond motifs is 2. The van der Waals surface area contributed by atoms with Crippen LogP contribution in [0.3, 0.4) is 0 Å². The third-order valence-corrected chi connectivity index (χ3v) is 5.78. The van der Waals surface area contributed by atoms with Crippen LogP contribution in [0, 0.1) is 5.92 Å². The van der Waals surface area contributed by atoms with Crippen molar-refractivity contribution >= 4 is 34.8 Å². The molecule has 5 nitrogen and oxygen atoms in total. The summed E-state index contributed by atoms with van der Waals surface area (Å²) in [7, 11) is 1.54. The highest BCUT2D eigenvalue weighted by Crippen LogP contribution is 2.43. The van der Waals surface area contributed by atoms with Crippen molar-refractivity contribution in [3.8, 4) is 0 Å². The number of halogens is 1. The highest BCUT2D eigenvalue weighted by molar-refractivity contribution is 6.31. The Labute approximate surface area is 161 Å². The van der Waals surface area contributed by atoms with E-state index in [9.17, 15) is 19.5 Å². The van der Waals surface area contributed by atoms with Gasteiger partial charge < -0.3 is 10.0 Å². The molecule has 138 valence electrons. The first-order valence-electron chi connectivity index (χ1n) is 8.78. The van der Waals surface area contributed by atoms with Crippen molar-refractivity contribution in [2.24, 2.45) is 5.92 Å². The Morgan fingerprint density at radius 1 is 1.26 bits per heavy atom. The van der Waals surface area contributed by atoms with E-state index in [-0.39, 0.29) is 5.78 Å². The van der Waals surface area contributed by atoms with Crippen LogP contribution in [0.4, 0.5) is 5.69 Å². The molecule has 1 aliphatic carbocycles. The van der Waals surface area contributed by atoms with E-state index in [0.717, 1.165) is 5.56 Å². The summed E-state index contributed by atoms with van der Waals surface area (Å²) in [6.45, 7) is 0. The van der Waals surface area contributed by atoms with Crippen molar-refractivity contribution in [1.82, 2.24) is 0 Å². The summed E-state index contributed by atoms with van der Waals surface area (Å²) in [5.74, 6) is -2.09. The zero-order valence-electron chi connectivity index (χ0n) is 14.7. The first-order valence-corrected chi connectivity index (χ1v) is 9.16. The number of amides is 1. The highest BCUT2D eigenvalue weighted by atomic mass is 35.5. The summed E-state index contributed by atoms with van der Waals surface area (Å²) in [5, 5.41) is 11.5. The van der Waals surface area contributed by atoms with Crippen LogP contribution in [-0.4, -0.2) is 29.6 Å². The average Bonchev–Trinajstić information content (AvgIpc) is 2.83. The van der Waals surface area contributed by atoms with Crippen molar-refractivity contribution in [2.45, 2.75) is 24.9 Å². The van der Waals surface area contributed by atoms with E-state index in [2.05, 4.69) is 0 Å². The lowest BCUT2D eigenvalue weighted by atomic mass is 9.77. The van der Waals surface area contributed by atoms with Gasteiger partial charge in [-0.1, -0.05) is 35.9 Å². The van der Waals surface area contributed by atoms with E-state index in [1.54, 1.807) is 31.3 Å². The van der Waals surface area contributed by atoms with Gasteiger partial charge in [-0.25, -0.2) is 0 Å². The largest absolute Gasteiger partial charge is 0.375 e. The molecule has 0 saturated heterocycles. The van der Waals surface area contributed by atoms with Crippen LogP contribution in [0.2, 0.25) is 5.02 Å². The minimum Gasteiger partial charge on any atom is -0.375 e. The fraction of sp³-hybridized carbons (Fsp3) is 0.286. The summed E-state index contributed by atoms with van der Waals surface area (Å²) in [6, 6.07) is 12.0. The number of aliphatic hydroxyl groups is 1. The van der Waals surface area contributed by atoms with Gasteiger partial charge in [0.25, 0.3) is 5.91 Å². The average molecular weight is 384 g/mol. The minimum atomic E-state index is -2.00. The van der Waals surface area contributed by atoms with E-state index in [1.807, 2.05) is 12.1 Å². The van der Waals surface area contributed by atoms with Crippen LogP contribution in [0.5, 0.6) is 0 Å². The third-order valence-electron chi connectivity index (χ3n) is 5.54. The molecule has 0 unspecified atom stereocenters. The number of carbonyl (C=O) groups is 3. The van der Waals surface area contributed by atoms with Crippen molar-refractivity contribution in [1.29, 1.82) is 0 Å². The number of nitrogens with zero attached hydrogens (tertiary/aromatic N) is 1. The number of likely N-dealkylation sites (N-methyl/N-ethyl adjacent to an activating group) is 1. The molecule has 2 atom stereocenters. The molecule has 1 amide bonds. The lowest BCUT2D eigenvalue weighted by molar-refractivity contribution is -0.142. The quantitative estimate of drug-likeness (QED) is 0.827. The Morgan fingerprint density at radius 3 is 2.78 bits per heavy atom. The van der Waals surface area contributed by atoms with Gasteiger partial charge in [-0.15, -0.1) is 0 Å². The van der Waals surface area contributed by atoms with Gasteiger partial charge in [0.2, 0.25) is 0 Å². The maximum absolute atomic E-state index is 12.9. The first-order chi connectivity index (χ1) is 12.8. The van der Waals surface area contributed by atoms with Gasteiger partial charge >= 0.3 is 0 Å². The molecule has 0 radical (unpaired) electrons. The standard InChI is InChI=1S/C21H18ClNO4/c1-23-17-9-7-13(22)10-16(17)21(27,20(23)26)11-18(24)15-8-6-12-4-2-3-5-14(12)19(15)25/h2-5,7,9-10,15,27H,6,8,11H2,1H3/t15-,21+/m1/s1. The van der Waals surface area contributed by atoms with E-state index >= 15 is 0 Å². The third kappa shape index (κ3) is 2.69. The molecule has 4 rings (SSSR count). The number of Topliss-reactive ketones (excluding diaryl/α,β-unsaturated/α-hetero) is 2. The molecule has 2 aromatic carbocycles. The maximum atomic E-state index is 12.9. The van der Waals surface area contributed by atoms with Gasteiger partial charge in [0, 0.05) is 29.6 Å². The highest BCUT2D eigenvalue weighted by Gasteiger charge is 2.51. The lowest BCUT2D eigenvalue weighted by Crippen LogP contribution is -2.42. The molecular weight excluding hydrogens is 366 g/mol. The molecule has 1 N–H and O–H groups in total. The molecule has 0 bridgehead atoms. The number of anilines is 1. The first kappa shape index (κ1) is 17.9. The molecule has 0 fully saturated rings. The maximum Gasteiger partial charge on any atom is 0.263 e. The summed E-state index contributed by atoms with van der Waals surface area (Å²) >= 11 is 6.03. The molecule has 27 heavy (non-hydrogen) atoms. The van der Waals surface area contributed by atoms with Gasteiger partial charge in [0.1, 0.15) is 5.78 Å². The SMILES string of the molecule is CN1C(=O)[C@](O)(CC(=O)[C@H]2CCc3ccccc3C2=O)c2cc(Cl)ccc21. The van der Waals surface area contributed by atoms with Crippen LogP contribution < -0.4 is 4.90 Å². The molecule has 0 aromatic heterocycles. The number of benzene rings is 2. The summed E-state index contributed by atoms with van der Waals surface area (Å²) < 4.78 is 0. The van der Waals surface area contributed by atoms with Crippen LogP contribution in [0.15, 0.2) is 42.5 Å². The van der Waals surface area contributed by atoms with E-state index in [1.165, 1.54) is 11.0 Å². The summed E-state index contributed by atoms with van der Waals surface area (Å²) in [5.41, 5.74) is 0.300. The Balaban J connectivity index is 1.65. The van der Waals surface area contributed by atoms with Crippen LogP contribution >= 0.6 is 11.6 Å². The zero-order chi connectivity index (χ0) is 19.3. The van der Waals surface area contributed by atoms with E-state index in [4.69, 9.17) is 11.6 Å². The molecule has 2 aliphatic rings. The smallest absolute Gasteiger partial charge is 0.263 e. The van der Waals surface area contributed by atoms with Gasteiger partial charge in [0.05, 0.1) is 11.6 Å². The zero-order valence-corrected chi connectivity index (χ0v) is 15.5. The Kier molecular flexibility index (Phi) is 4.17. The number of ketones is 2. The van der Waals surface area contributed by atoms with Gasteiger partial charge in [0.15, 0.2) is 11.4 Å². The number of hydrogen-bond acceptors (Lipinski definition) is 4. The molecule has 6 heteroatoms. The number of rotatable bonds is 3. The minimum absolute atomic E-state index is 0.240. The Morgan fingerprint density at radius 2 is 2.00 bits per heavy atom. The van der Waals surface area contributed by atoms with Crippen LogP contribution in [0.1, 0.15) is 34.3 Å². The van der Waals surface area contributed by atoms with Gasteiger partial charge in [-0.2, -0.15) is 0 Å². The predicted molar refractivity (Wildman–Crippen MR) is 101 cm³/mol. The van der Waals surface area contributed by atoms with Crippen molar-refractivity contribution < 1.29 is 19.5 Å². The van der Waals surface area contributed by atoms with Crippen molar-refractivity contribution in [3.63, 3.8) is 0 Å². The molecule has 1 aliphatic heterocycles. The normalized spacial score (nSPS) is 24.0. The van der Waals surface area contributed by atoms with Crippen LogP contribution in [-0.2, 0) is 21.6 Å². The van der Waals surface area contributed by atoms with Crippen molar-refractivity contribution in [2.75, 3.05) is 11.9 Å². The molecule has 0 spiro atoms. The summed E-state index contributed by atoms with van der Waals surface area (Å²) in [4.78, 5) is 39.7. The van der Waals surface area contributed by atoms with Gasteiger partial charge in [-0.3, -0.25) is 14.4 Å². The predicted octanol–water partition coefficient (Wildman–Crippen LogP) is 2.91. The molecule has 0 saturated carbocycles. The fourth-order valence-corrected chi connectivity index (χ4v) is 4.26. The molecule has 2 aromatic rings. The lowest BCUT2D eigenvalue weighted by Gasteiger charge is -2.26. The topological polar surface area (TPSA) is 74.7 Å². The monoisotopic (exact) mass is 383 g/mol.